The first-order chi connectivity index (χ1) is 16.0. The first kappa shape index (κ1) is 24.5. The lowest BCUT2D eigenvalue weighted by molar-refractivity contribution is -0.120. The summed E-state index contributed by atoms with van der Waals surface area (Å²) in [6, 6.07) is 9.33. The van der Waals surface area contributed by atoms with Gasteiger partial charge in [-0.3, -0.25) is 9.69 Å². The van der Waals surface area contributed by atoms with Crippen LogP contribution < -0.4 is 10.6 Å². The lowest BCUT2D eigenvalue weighted by Gasteiger charge is -2.53. The number of nitrogens with zero attached hydrogens (tertiary/aromatic N) is 2. The minimum Gasteiger partial charge on any atom is -0.353 e. The SMILES string of the molecule is Cc1ccc(CN2CCN(C(=S)NCC(=O)NC3CCCCCC3)CC23CCCCC3)cc1. The molecule has 1 aliphatic heterocycles. The minimum absolute atomic E-state index is 0.0784. The van der Waals surface area contributed by atoms with Gasteiger partial charge in [-0.15, -0.1) is 0 Å². The number of hydrogen-bond donors (Lipinski definition) is 2. The summed E-state index contributed by atoms with van der Waals surface area (Å²) in [5.41, 5.74) is 2.90. The molecule has 182 valence electrons. The van der Waals surface area contributed by atoms with E-state index in [0.29, 0.717) is 6.04 Å². The smallest absolute Gasteiger partial charge is 0.239 e. The highest BCUT2D eigenvalue weighted by molar-refractivity contribution is 7.80. The van der Waals surface area contributed by atoms with Gasteiger partial charge in [0.1, 0.15) is 0 Å². The summed E-state index contributed by atoms with van der Waals surface area (Å²) in [4.78, 5) is 17.6. The third-order valence-electron chi connectivity index (χ3n) is 7.98. The van der Waals surface area contributed by atoms with Crippen molar-refractivity contribution in [3.63, 3.8) is 0 Å². The number of hydrogen-bond acceptors (Lipinski definition) is 3. The van der Waals surface area contributed by atoms with Crippen molar-refractivity contribution in [1.29, 1.82) is 0 Å². The Bertz CT molecular complexity index is 782. The molecule has 0 aromatic heterocycles. The predicted molar refractivity (Wildman–Crippen MR) is 139 cm³/mol. The van der Waals surface area contributed by atoms with E-state index in [9.17, 15) is 4.79 Å². The maximum Gasteiger partial charge on any atom is 0.239 e. The van der Waals surface area contributed by atoms with Crippen molar-refractivity contribution in [2.45, 2.75) is 95.7 Å². The molecule has 33 heavy (non-hydrogen) atoms. The third-order valence-corrected chi connectivity index (χ3v) is 8.38. The zero-order chi connectivity index (χ0) is 23.1. The van der Waals surface area contributed by atoms with Gasteiger partial charge in [-0.1, -0.05) is 74.8 Å². The molecule has 2 saturated carbocycles. The normalized spacial score (nSPS) is 22.0. The standard InChI is InChI=1S/C27H42N4OS/c1-22-11-13-23(14-12-22)20-31-18-17-30(21-27(31)15-7-4-8-16-27)26(33)28-19-25(32)29-24-9-5-2-3-6-10-24/h11-14,24H,2-10,15-21H2,1H3,(H,28,33)(H,29,32). The van der Waals surface area contributed by atoms with Crippen LogP contribution in [0.15, 0.2) is 24.3 Å². The van der Waals surface area contributed by atoms with Gasteiger partial charge in [0.15, 0.2) is 5.11 Å². The average Bonchev–Trinajstić information content (AvgIpc) is 3.09. The largest absolute Gasteiger partial charge is 0.353 e. The number of rotatable bonds is 5. The zero-order valence-corrected chi connectivity index (χ0v) is 21.2. The third kappa shape index (κ3) is 6.69. The molecule has 3 fully saturated rings. The van der Waals surface area contributed by atoms with E-state index in [0.717, 1.165) is 44.1 Å². The summed E-state index contributed by atoms with van der Waals surface area (Å²) in [6.07, 6.45) is 13.7. The second kappa shape index (κ2) is 11.7. The molecule has 0 atom stereocenters. The van der Waals surface area contributed by atoms with Crippen LogP contribution in [0.4, 0.5) is 0 Å². The highest BCUT2D eigenvalue weighted by Gasteiger charge is 2.42. The molecule has 0 radical (unpaired) electrons. The van der Waals surface area contributed by atoms with Crippen LogP contribution in [0.5, 0.6) is 0 Å². The van der Waals surface area contributed by atoms with Crippen molar-refractivity contribution < 1.29 is 4.79 Å². The van der Waals surface area contributed by atoms with Gasteiger partial charge in [0.05, 0.1) is 6.54 Å². The Morgan fingerprint density at radius 2 is 1.67 bits per heavy atom. The molecular formula is C27H42N4OS. The summed E-state index contributed by atoms with van der Waals surface area (Å²) >= 11 is 5.77. The topological polar surface area (TPSA) is 47.6 Å². The van der Waals surface area contributed by atoms with Gasteiger partial charge in [-0.2, -0.15) is 0 Å². The molecule has 1 aromatic rings. The number of piperazine rings is 1. The van der Waals surface area contributed by atoms with E-state index in [1.165, 1.54) is 68.9 Å². The van der Waals surface area contributed by atoms with Gasteiger partial charge in [0.25, 0.3) is 0 Å². The van der Waals surface area contributed by atoms with E-state index >= 15 is 0 Å². The molecule has 5 nitrogen and oxygen atoms in total. The molecule has 6 heteroatoms. The van der Waals surface area contributed by atoms with E-state index in [2.05, 4.69) is 51.6 Å². The Kier molecular flexibility index (Phi) is 8.64. The molecule has 1 amide bonds. The molecule has 1 saturated heterocycles. The Balaban J connectivity index is 1.31. The van der Waals surface area contributed by atoms with Crippen molar-refractivity contribution in [3.8, 4) is 0 Å². The van der Waals surface area contributed by atoms with Crippen molar-refractivity contribution in [1.82, 2.24) is 20.4 Å². The number of thiocarbonyl (C=S) groups is 1. The molecule has 4 rings (SSSR count). The van der Waals surface area contributed by atoms with Crippen LogP contribution >= 0.6 is 12.2 Å². The minimum atomic E-state index is 0.0784. The summed E-state index contributed by atoms with van der Waals surface area (Å²) in [5.74, 6) is 0.0784. The van der Waals surface area contributed by atoms with Gasteiger partial charge >= 0.3 is 0 Å². The highest BCUT2D eigenvalue weighted by Crippen LogP contribution is 2.37. The molecule has 0 bridgehead atoms. The second-order valence-corrected chi connectivity index (χ2v) is 10.9. The zero-order valence-electron chi connectivity index (χ0n) is 20.4. The summed E-state index contributed by atoms with van der Waals surface area (Å²) < 4.78 is 0. The van der Waals surface area contributed by atoms with Crippen LogP contribution in [-0.4, -0.2) is 58.6 Å². The number of aryl methyl sites for hydroxylation is 1. The van der Waals surface area contributed by atoms with E-state index in [-0.39, 0.29) is 18.0 Å². The van der Waals surface area contributed by atoms with Gasteiger partial charge < -0.3 is 15.5 Å². The van der Waals surface area contributed by atoms with Gasteiger partial charge in [0, 0.05) is 37.8 Å². The van der Waals surface area contributed by atoms with E-state index in [4.69, 9.17) is 12.2 Å². The molecular weight excluding hydrogens is 428 g/mol. The molecule has 1 spiro atoms. The molecule has 2 N–H and O–H groups in total. The maximum atomic E-state index is 12.5. The van der Waals surface area contributed by atoms with E-state index in [1.807, 2.05) is 0 Å². The van der Waals surface area contributed by atoms with Gasteiger partial charge in [0.2, 0.25) is 5.91 Å². The number of nitrogens with one attached hydrogen (secondary N) is 2. The fourth-order valence-corrected chi connectivity index (χ4v) is 6.23. The Hall–Kier alpha value is -1.66. The summed E-state index contributed by atoms with van der Waals surface area (Å²) in [5, 5.41) is 7.24. The lowest BCUT2D eigenvalue weighted by atomic mass is 9.78. The second-order valence-electron chi connectivity index (χ2n) is 10.5. The Morgan fingerprint density at radius 1 is 1.00 bits per heavy atom. The molecule has 0 unspecified atom stereocenters. The van der Waals surface area contributed by atoms with Crippen molar-refractivity contribution in [3.05, 3.63) is 35.4 Å². The summed E-state index contributed by atoms with van der Waals surface area (Å²) in [6.45, 7) is 6.35. The first-order valence-electron chi connectivity index (χ1n) is 13.2. The van der Waals surface area contributed by atoms with Crippen molar-refractivity contribution in [2.75, 3.05) is 26.2 Å². The maximum absolute atomic E-state index is 12.5. The Labute approximate surface area is 205 Å². The Morgan fingerprint density at radius 3 is 2.36 bits per heavy atom. The highest BCUT2D eigenvalue weighted by atomic mass is 32.1. The van der Waals surface area contributed by atoms with Crippen LogP contribution in [0.25, 0.3) is 0 Å². The molecule has 1 aromatic carbocycles. The molecule has 3 aliphatic rings. The van der Waals surface area contributed by atoms with Crippen LogP contribution in [0.2, 0.25) is 0 Å². The number of carbonyl (C=O) groups excluding carboxylic acids is 1. The molecule has 1 heterocycles. The monoisotopic (exact) mass is 470 g/mol. The van der Waals surface area contributed by atoms with Crippen LogP contribution in [0.1, 0.15) is 81.8 Å². The van der Waals surface area contributed by atoms with Crippen molar-refractivity contribution in [2.24, 2.45) is 0 Å². The fraction of sp³-hybridized carbons (Fsp3) is 0.704. The van der Waals surface area contributed by atoms with Crippen LogP contribution in [0.3, 0.4) is 0 Å². The average molecular weight is 471 g/mol. The fourth-order valence-electron chi connectivity index (χ4n) is 6.00. The van der Waals surface area contributed by atoms with E-state index < -0.39 is 0 Å². The van der Waals surface area contributed by atoms with Gasteiger partial charge in [-0.05, 0) is 50.4 Å². The number of benzene rings is 1. The number of amides is 1. The number of carbonyl (C=O) groups is 1. The van der Waals surface area contributed by atoms with Crippen LogP contribution in [-0.2, 0) is 11.3 Å². The van der Waals surface area contributed by atoms with Crippen molar-refractivity contribution >= 4 is 23.2 Å². The predicted octanol–water partition coefficient (Wildman–Crippen LogP) is 4.53. The first-order valence-corrected chi connectivity index (χ1v) is 13.6. The van der Waals surface area contributed by atoms with Crippen LogP contribution in [0, 0.1) is 6.92 Å². The molecule has 2 aliphatic carbocycles. The van der Waals surface area contributed by atoms with E-state index in [1.54, 1.807) is 0 Å². The quantitative estimate of drug-likeness (QED) is 0.489. The lowest BCUT2D eigenvalue weighted by Crippen LogP contribution is -2.64. The summed E-state index contributed by atoms with van der Waals surface area (Å²) in [7, 11) is 0. The van der Waals surface area contributed by atoms with Gasteiger partial charge in [-0.25, -0.2) is 0 Å².